The Bertz CT molecular complexity index is 522. The molecule has 4 nitrogen and oxygen atoms in total. The number of nitrogens with zero attached hydrogens (tertiary/aromatic N) is 1. The first kappa shape index (κ1) is 12.1. The average Bonchev–Trinajstić information content (AvgIpc) is 2.38. The van der Waals surface area contributed by atoms with Gasteiger partial charge in [-0.2, -0.15) is 0 Å². The van der Waals surface area contributed by atoms with Crippen LogP contribution in [0.5, 0.6) is 5.75 Å². The summed E-state index contributed by atoms with van der Waals surface area (Å²) in [7, 11) is 0. The predicted octanol–water partition coefficient (Wildman–Crippen LogP) is 2.95. The molecule has 1 atom stereocenters. The lowest BCUT2D eigenvalue weighted by molar-refractivity contribution is -0.528. The Morgan fingerprint density at radius 1 is 1.06 bits per heavy atom. The van der Waals surface area contributed by atoms with Crippen molar-refractivity contribution in [3.63, 3.8) is 0 Å². The van der Waals surface area contributed by atoms with E-state index >= 15 is 0 Å². The van der Waals surface area contributed by atoms with Gasteiger partial charge in [0.25, 0.3) is 0 Å². The standard InChI is InChI=1S/C14H13NO3/c16-13-8-6-12(7-9-13)14(15(17)18)10-11-4-2-1-3-5-11/h1-9,14,16H,10H2. The summed E-state index contributed by atoms with van der Waals surface area (Å²) in [6.07, 6.45) is 0.346. The average molecular weight is 243 g/mol. The van der Waals surface area contributed by atoms with Crippen LogP contribution in [0.4, 0.5) is 0 Å². The van der Waals surface area contributed by atoms with Gasteiger partial charge in [0.15, 0.2) is 0 Å². The molecular weight excluding hydrogens is 230 g/mol. The number of aromatic hydroxyl groups is 1. The van der Waals surface area contributed by atoms with E-state index in [9.17, 15) is 15.2 Å². The van der Waals surface area contributed by atoms with E-state index in [1.807, 2.05) is 30.3 Å². The highest BCUT2D eigenvalue weighted by Gasteiger charge is 2.22. The van der Waals surface area contributed by atoms with Crippen LogP contribution in [-0.4, -0.2) is 10.0 Å². The van der Waals surface area contributed by atoms with Crippen LogP contribution in [0.3, 0.4) is 0 Å². The van der Waals surface area contributed by atoms with Crippen LogP contribution >= 0.6 is 0 Å². The van der Waals surface area contributed by atoms with Crippen molar-refractivity contribution in [2.24, 2.45) is 0 Å². The molecule has 2 rings (SSSR count). The van der Waals surface area contributed by atoms with E-state index in [1.165, 1.54) is 12.1 Å². The van der Waals surface area contributed by atoms with Crippen molar-refractivity contribution >= 4 is 0 Å². The first-order valence-electron chi connectivity index (χ1n) is 5.63. The minimum absolute atomic E-state index is 0.112. The highest BCUT2D eigenvalue weighted by molar-refractivity contribution is 5.28. The van der Waals surface area contributed by atoms with Gasteiger partial charge in [-0.1, -0.05) is 30.3 Å². The molecule has 0 amide bonds. The molecular formula is C14H13NO3. The second-order valence-electron chi connectivity index (χ2n) is 4.08. The van der Waals surface area contributed by atoms with Crippen molar-refractivity contribution in [2.75, 3.05) is 0 Å². The fourth-order valence-corrected chi connectivity index (χ4v) is 1.85. The number of rotatable bonds is 4. The summed E-state index contributed by atoms with van der Waals surface area (Å²) < 4.78 is 0. The van der Waals surface area contributed by atoms with Gasteiger partial charge in [0.2, 0.25) is 6.04 Å². The van der Waals surface area contributed by atoms with Crippen LogP contribution in [0.1, 0.15) is 17.2 Å². The summed E-state index contributed by atoms with van der Waals surface area (Å²) in [5.74, 6) is 0.112. The Morgan fingerprint density at radius 2 is 1.67 bits per heavy atom. The Morgan fingerprint density at radius 3 is 2.22 bits per heavy atom. The number of hydrogen-bond donors (Lipinski definition) is 1. The maximum Gasteiger partial charge on any atom is 0.242 e. The summed E-state index contributed by atoms with van der Waals surface area (Å²) in [5.41, 5.74) is 1.52. The topological polar surface area (TPSA) is 63.4 Å². The number of nitro groups is 1. The third-order valence-electron chi connectivity index (χ3n) is 2.80. The molecule has 0 spiro atoms. The summed E-state index contributed by atoms with van der Waals surface area (Å²) in [6.45, 7) is 0. The van der Waals surface area contributed by atoms with Gasteiger partial charge < -0.3 is 5.11 Å². The van der Waals surface area contributed by atoms with Crippen molar-refractivity contribution < 1.29 is 10.0 Å². The highest BCUT2D eigenvalue weighted by atomic mass is 16.6. The Labute approximate surface area is 105 Å². The minimum Gasteiger partial charge on any atom is -0.508 e. The zero-order valence-electron chi connectivity index (χ0n) is 9.69. The SMILES string of the molecule is O=[N+]([O-])C(Cc1ccccc1)c1ccc(O)cc1. The van der Waals surface area contributed by atoms with Gasteiger partial charge in [-0.05, 0) is 29.8 Å². The van der Waals surface area contributed by atoms with Crippen LogP contribution in [0, 0.1) is 10.1 Å². The Kier molecular flexibility index (Phi) is 3.57. The van der Waals surface area contributed by atoms with Gasteiger partial charge in [0.1, 0.15) is 5.75 Å². The molecule has 0 aliphatic carbocycles. The van der Waals surface area contributed by atoms with E-state index in [0.717, 1.165) is 5.56 Å². The smallest absolute Gasteiger partial charge is 0.242 e. The molecule has 0 fully saturated rings. The maximum absolute atomic E-state index is 11.1. The molecule has 1 unspecified atom stereocenters. The van der Waals surface area contributed by atoms with E-state index in [2.05, 4.69) is 0 Å². The quantitative estimate of drug-likeness (QED) is 0.663. The first-order chi connectivity index (χ1) is 8.66. The molecule has 2 aromatic rings. The van der Waals surface area contributed by atoms with E-state index in [0.29, 0.717) is 12.0 Å². The van der Waals surface area contributed by atoms with Gasteiger partial charge >= 0.3 is 0 Å². The maximum atomic E-state index is 11.1. The molecule has 0 heterocycles. The normalized spacial score (nSPS) is 12.0. The molecule has 1 N–H and O–H groups in total. The van der Waals surface area contributed by atoms with Crippen molar-refractivity contribution in [1.29, 1.82) is 0 Å². The summed E-state index contributed by atoms with van der Waals surface area (Å²) in [6, 6.07) is 14.7. The van der Waals surface area contributed by atoms with Gasteiger partial charge in [-0.25, -0.2) is 0 Å². The lowest BCUT2D eigenvalue weighted by atomic mass is 9.99. The van der Waals surface area contributed by atoms with Gasteiger partial charge in [0.05, 0.1) is 0 Å². The predicted molar refractivity (Wildman–Crippen MR) is 68.0 cm³/mol. The van der Waals surface area contributed by atoms with Crippen molar-refractivity contribution in [1.82, 2.24) is 0 Å². The zero-order chi connectivity index (χ0) is 13.0. The lowest BCUT2D eigenvalue weighted by Gasteiger charge is -2.10. The van der Waals surface area contributed by atoms with Crippen LogP contribution in [0.15, 0.2) is 54.6 Å². The Balaban J connectivity index is 2.24. The van der Waals surface area contributed by atoms with Gasteiger partial charge in [-0.15, -0.1) is 0 Å². The minimum atomic E-state index is -0.784. The largest absolute Gasteiger partial charge is 0.508 e. The molecule has 2 aromatic carbocycles. The molecule has 0 aliphatic heterocycles. The molecule has 0 bridgehead atoms. The molecule has 18 heavy (non-hydrogen) atoms. The van der Waals surface area contributed by atoms with E-state index < -0.39 is 6.04 Å². The van der Waals surface area contributed by atoms with Crippen molar-refractivity contribution in [3.05, 3.63) is 75.8 Å². The first-order valence-corrected chi connectivity index (χ1v) is 5.63. The second kappa shape index (κ2) is 5.31. The van der Waals surface area contributed by atoms with Crippen LogP contribution in [-0.2, 0) is 6.42 Å². The number of phenols is 1. The van der Waals surface area contributed by atoms with Crippen molar-refractivity contribution in [3.8, 4) is 5.75 Å². The molecule has 0 aliphatic rings. The number of benzene rings is 2. The summed E-state index contributed by atoms with van der Waals surface area (Å²) >= 11 is 0. The van der Waals surface area contributed by atoms with E-state index in [1.54, 1.807) is 12.1 Å². The van der Waals surface area contributed by atoms with Gasteiger partial charge in [-0.3, -0.25) is 10.1 Å². The zero-order valence-corrected chi connectivity index (χ0v) is 9.69. The number of phenolic OH excluding ortho intramolecular Hbond substituents is 1. The summed E-state index contributed by atoms with van der Waals surface area (Å²) in [5, 5.41) is 20.3. The highest BCUT2D eigenvalue weighted by Crippen LogP contribution is 2.23. The third kappa shape index (κ3) is 2.85. The monoisotopic (exact) mass is 243 g/mol. The lowest BCUT2D eigenvalue weighted by Crippen LogP contribution is -2.13. The van der Waals surface area contributed by atoms with E-state index in [-0.39, 0.29) is 10.7 Å². The number of hydrogen-bond acceptors (Lipinski definition) is 3. The molecule has 0 aromatic heterocycles. The van der Waals surface area contributed by atoms with E-state index in [4.69, 9.17) is 0 Å². The fraction of sp³-hybridized carbons (Fsp3) is 0.143. The Hall–Kier alpha value is -2.36. The second-order valence-corrected chi connectivity index (χ2v) is 4.08. The molecule has 0 saturated heterocycles. The van der Waals surface area contributed by atoms with Crippen LogP contribution in [0.2, 0.25) is 0 Å². The van der Waals surface area contributed by atoms with Crippen LogP contribution < -0.4 is 0 Å². The van der Waals surface area contributed by atoms with Crippen LogP contribution in [0.25, 0.3) is 0 Å². The molecule has 0 radical (unpaired) electrons. The summed E-state index contributed by atoms with van der Waals surface area (Å²) in [4.78, 5) is 10.8. The van der Waals surface area contributed by atoms with Gasteiger partial charge in [0, 0.05) is 16.9 Å². The fourth-order valence-electron chi connectivity index (χ4n) is 1.85. The molecule has 92 valence electrons. The molecule has 0 saturated carbocycles. The third-order valence-corrected chi connectivity index (χ3v) is 2.80. The molecule has 4 heteroatoms. The van der Waals surface area contributed by atoms with Crippen molar-refractivity contribution in [2.45, 2.75) is 12.5 Å².